The van der Waals surface area contributed by atoms with E-state index in [0.717, 1.165) is 6.54 Å². The summed E-state index contributed by atoms with van der Waals surface area (Å²) in [4.78, 5) is 0. The molecule has 0 aliphatic rings. The van der Waals surface area contributed by atoms with Gasteiger partial charge in [-0.2, -0.15) is 0 Å². The summed E-state index contributed by atoms with van der Waals surface area (Å²) in [6, 6.07) is 0.233. The summed E-state index contributed by atoms with van der Waals surface area (Å²) in [5.74, 6) is 2.63. The van der Waals surface area contributed by atoms with Crippen molar-refractivity contribution in [1.82, 2.24) is 5.32 Å². The molecule has 1 heteroatoms. The Morgan fingerprint density at radius 1 is 1.50 bits per heavy atom. The van der Waals surface area contributed by atoms with Crippen LogP contribution in [0.25, 0.3) is 0 Å². The summed E-state index contributed by atoms with van der Waals surface area (Å²) in [5, 5.41) is 3.23. The smallest absolute Gasteiger partial charge is 0.0658 e. The lowest BCUT2D eigenvalue weighted by molar-refractivity contribution is 0.593. The lowest BCUT2D eigenvalue weighted by Crippen LogP contribution is -2.25. The summed E-state index contributed by atoms with van der Waals surface area (Å²) in [7, 11) is 0. The van der Waals surface area contributed by atoms with Gasteiger partial charge in [0.2, 0.25) is 0 Å². The first kappa shape index (κ1) is 9.52. The molecule has 0 radical (unpaired) electrons. The van der Waals surface area contributed by atoms with Crippen LogP contribution in [0.1, 0.15) is 33.1 Å². The van der Waals surface area contributed by atoms with E-state index in [1.807, 2.05) is 6.92 Å². The molecule has 1 nitrogen and oxygen atoms in total. The van der Waals surface area contributed by atoms with E-state index in [9.17, 15) is 0 Å². The van der Waals surface area contributed by atoms with Gasteiger partial charge in [0.1, 0.15) is 0 Å². The molecule has 0 aromatic carbocycles. The van der Waals surface area contributed by atoms with Crippen LogP contribution >= 0.6 is 0 Å². The van der Waals surface area contributed by atoms with E-state index in [1.54, 1.807) is 0 Å². The minimum absolute atomic E-state index is 0.233. The molecule has 0 saturated heterocycles. The maximum Gasteiger partial charge on any atom is 0.0658 e. The van der Waals surface area contributed by atoms with Crippen molar-refractivity contribution in [1.29, 1.82) is 0 Å². The van der Waals surface area contributed by atoms with Crippen LogP contribution in [0.5, 0.6) is 0 Å². The number of terminal acetylenes is 1. The Hall–Kier alpha value is -0.480. The first-order valence-electron chi connectivity index (χ1n) is 4.00. The molecule has 0 amide bonds. The Kier molecular flexibility index (Phi) is 6.32. The van der Waals surface area contributed by atoms with E-state index in [0.29, 0.717) is 0 Å². The van der Waals surface area contributed by atoms with Gasteiger partial charge in [-0.05, 0) is 19.9 Å². The molecule has 1 N–H and O–H groups in total. The summed E-state index contributed by atoms with van der Waals surface area (Å²) in [6.07, 6.45) is 8.98. The zero-order valence-electron chi connectivity index (χ0n) is 6.98. The third-order valence-corrected chi connectivity index (χ3v) is 1.48. The fourth-order valence-electron chi connectivity index (χ4n) is 0.752. The predicted octanol–water partition coefficient (Wildman–Crippen LogP) is 1.79. The molecule has 0 fully saturated rings. The second-order valence-electron chi connectivity index (χ2n) is 2.55. The van der Waals surface area contributed by atoms with Crippen molar-refractivity contribution in [3.8, 4) is 12.3 Å². The zero-order chi connectivity index (χ0) is 7.82. The third kappa shape index (κ3) is 5.65. The van der Waals surface area contributed by atoms with Crippen molar-refractivity contribution >= 4 is 0 Å². The highest BCUT2D eigenvalue weighted by Crippen LogP contribution is 1.91. The molecule has 0 aliphatic heterocycles. The average Bonchev–Trinajstić information content (AvgIpc) is 1.98. The van der Waals surface area contributed by atoms with Gasteiger partial charge in [-0.3, -0.25) is 0 Å². The number of hydrogen-bond donors (Lipinski definition) is 1. The Balaban J connectivity index is 2.98. The Labute approximate surface area is 64.2 Å². The SMILES string of the molecule is C#CC(C)NCCCCC. The van der Waals surface area contributed by atoms with Crippen molar-refractivity contribution in [2.45, 2.75) is 39.2 Å². The fraction of sp³-hybridized carbons (Fsp3) is 0.778. The van der Waals surface area contributed by atoms with Gasteiger partial charge in [-0.15, -0.1) is 6.42 Å². The van der Waals surface area contributed by atoms with Crippen molar-refractivity contribution in [2.75, 3.05) is 6.54 Å². The predicted molar refractivity (Wildman–Crippen MR) is 45.8 cm³/mol. The molecule has 0 saturated carbocycles. The summed E-state index contributed by atoms with van der Waals surface area (Å²) < 4.78 is 0. The van der Waals surface area contributed by atoms with Gasteiger partial charge < -0.3 is 5.32 Å². The number of nitrogens with one attached hydrogen (secondary N) is 1. The lowest BCUT2D eigenvalue weighted by atomic mass is 10.2. The van der Waals surface area contributed by atoms with Crippen LogP contribution in [0, 0.1) is 12.3 Å². The van der Waals surface area contributed by atoms with Crippen molar-refractivity contribution < 1.29 is 0 Å². The number of unbranched alkanes of at least 4 members (excludes halogenated alkanes) is 2. The molecule has 0 bridgehead atoms. The highest BCUT2D eigenvalue weighted by Gasteiger charge is 1.92. The third-order valence-electron chi connectivity index (χ3n) is 1.48. The van der Waals surface area contributed by atoms with Gasteiger partial charge in [-0.1, -0.05) is 25.7 Å². The van der Waals surface area contributed by atoms with Gasteiger partial charge in [0.15, 0.2) is 0 Å². The van der Waals surface area contributed by atoms with E-state index >= 15 is 0 Å². The van der Waals surface area contributed by atoms with E-state index in [2.05, 4.69) is 18.2 Å². The van der Waals surface area contributed by atoms with Crippen LogP contribution in [0.3, 0.4) is 0 Å². The highest BCUT2D eigenvalue weighted by molar-refractivity contribution is 4.95. The molecular weight excluding hydrogens is 122 g/mol. The van der Waals surface area contributed by atoms with Gasteiger partial charge >= 0.3 is 0 Å². The number of hydrogen-bond acceptors (Lipinski definition) is 1. The molecule has 0 spiro atoms. The summed E-state index contributed by atoms with van der Waals surface area (Å²) in [5.41, 5.74) is 0. The van der Waals surface area contributed by atoms with Crippen molar-refractivity contribution in [3.63, 3.8) is 0 Å². The maximum atomic E-state index is 5.17. The first-order chi connectivity index (χ1) is 4.81. The Bertz CT molecular complexity index is 102. The second kappa shape index (κ2) is 6.64. The topological polar surface area (TPSA) is 12.0 Å². The Morgan fingerprint density at radius 3 is 2.70 bits per heavy atom. The minimum Gasteiger partial charge on any atom is -0.304 e. The van der Waals surface area contributed by atoms with Gasteiger partial charge in [0.25, 0.3) is 0 Å². The molecular formula is C9H17N. The van der Waals surface area contributed by atoms with E-state index < -0.39 is 0 Å². The van der Waals surface area contributed by atoms with Crippen LogP contribution in [0.4, 0.5) is 0 Å². The maximum absolute atomic E-state index is 5.17. The first-order valence-corrected chi connectivity index (χ1v) is 4.00. The summed E-state index contributed by atoms with van der Waals surface area (Å²) in [6.45, 7) is 5.26. The number of rotatable bonds is 5. The quantitative estimate of drug-likeness (QED) is 0.452. The second-order valence-corrected chi connectivity index (χ2v) is 2.55. The normalized spacial score (nSPS) is 12.5. The fourth-order valence-corrected chi connectivity index (χ4v) is 0.752. The van der Waals surface area contributed by atoms with Crippen molar-refractivity contribution in [3.05, 3.63) is 0 Å². The molecule has 0 heterocycles. The van der Waals surface area contributed by atoms with E-state index in [4.69, 9.17) is 6.42 Å². The summed E-state index contributed by atoms with van der Waals surface area (Å²) >= 11 is 0. The van der Waals surface area contributed by atoms with Gasteiger partial charge in [-0.25, -0.2) is 0 Å². The van der Waals surface area contributed by atoms with Crippen molar-refractivity contribution in [2.24, 2.45) is 0 Å². The molecule has 0 rings (SSSR count). The van der Waals surface area contributed by atoms with Gasteiger partial charge in [0, 0.05) is 0 Å². The van der Waals surface area contributed by atoms with Crippen LogP contribution in [-0.4, -0.2) is 12.6 Å². The van der Waals surface area contributed by atoms with Crippen LogP contribution in [0.2, 0.25) is 0 Å². The molecule has 1 atom stereocenters. The molecule has 1 unspecified atom stereocenters. The largest absolute Gasteiger partial charge is 0.304 e. The molecule has 58 valence electrons. The van der Waals surface area contributed by atoms with Crippen LogP contribution < -0.4 is 5.32 Å². The van der Waals surface area contributed by atoms with Crippen LogP contribution in [0.15, 0.2) is 0 Å². The molecule has 0 aromatic heterocycles. The monoisotopic (exact) mass is 139 g/mol. The molecule has 10 heavy (non-hydrogen) atoms. The highest BCUT2D eigenvalue weighted by atomic mass is 14.9. The minimum atomic E-state index is 0.233. The molecule has 0 aliphatic carbocycles. The standard InChI is InChI=1S/C9H17N/c1-4-6-7-8-10-9(3)5-2/h2,9-10H,4,6-8H2,1,3H3. The van der Waals surface area contributed by atoms with Gasteiger partial charge in [0.05, 0.1) is 6.04 Å². The lowest BCUT2D eigenvalue weighted by Gasteiger charge is -2.05. The van der Waals surface area contributed by atoms with E-state index in [-0.39, 0.29) is 6.04 Å². The van der Waals surface area contributed by atoms with E-state index in [1.165, 1.54) is 19.3 Å². The average molecular weight is 139 g/mol. The Morgan fingerprint density at radius 2 is 2.20 bits per heavy atom. The van der Waals surface area contributed by atoms with Crippen LogP contribution in [-0.2, 0) is 0 Å². The molecule has 0 aromatic rings. The zero-order valence-corrected chi connectivity index (χ0v) is 6.98.